The molecule has 1 fully saturated rings. The van der Waals surface area contributed by atoms with Gasteiger partial charge in [0.1, 0.15) is 24.1 Å². The first-order chi connectivity index (χ1) is 19.7. The number of aliphatic hydroxyl groups excluding tert-OH is 1. The summed E-state index contributed by atoms with van der Waals surface area (Å²) in [4.78, 5) is 6.24. The van der Waals surface area contributed by atoms with Crippen LogP contribution in [0.25, 0.3) is 10.9 Å². The van der Waals surface area contributed by atoms with Crippen LogP contribution in [0.2, 0.25) is 0 Å². The van der Waals surface area contributed by atoms with Gasteiger partial charge >= 0.3 is 0 Å². The average molecular weight is 582 g/mol. The third kappa shape index (κ3) is 7.08. The highest BCUT2D eigenvalue weighted by atomic mass is 19.3. The minimum atomic E-state index is -3.49. The van der Waals surface area contributed by atoms with Gasteiger partial charge in [0.15, 0.2) is 0 Å². The number of para-hydroxylation sites is 1. The highest BCUT2D eigenvalue weighted by Crippen LogP contribution is 2.42. The number of rotatable bonds is 9. The normalized spacial score (nSPS) is 17.7. The summed E-state index contributed by atoms with van der Waals surface area (Å²) in [7, 11) is 0. The first kappa shape index (κ1) is 32.5. The number of aromatic amines is 1. The second-order valence-electron chi connectivity index (χ2n) is 10.2. The van der Waals surface area contributed by atoms with E-state index in [-0.39, 0.29) is 42.3 Å². The van der Waals surface area contributed by atoms with Gasteiger partial charge in [-0.25, -0.2) is 22.0 Å². The average Bonchev–Trinajstić information content (AvgIpc) is 3.33. The minimum Gasteiger partial charge on any atom is -0.390 e. The molecule has 1 atom stereocenters. The van der Waals surface area contributed by atoms with Gasteiger partial charge in [0.2, 0.25) is 0 Å². The molecule has 3 aromatic rings. The fourth-order valence-corrected chi connectivity index (χ4v) is 5.79. The van der Waals surface area contributed by atoms with Gasteiger partial charge in [-0.15, -0.1) is 12.8 Å². The highest BCUT2D eigenvalue weighted by molar-refractivity contribution is 5.86. The van der Waals surface area contributed by atoms with Gasteiger partial charge in [0.25, 0.3) is 5.92 Å². The molecule has 2 N–H and O–H groups in total. The molecule has 10 heteroatoms. The molecule has 224 valence electrons. The van der Waals surface area contributed by atoms with Crippen molar-refractivity contribution in [1.82, 2.24) is 14.8 Å². The molecule has 4 nitrogen and oxygen atoms in total. The van der Waals surface area contributed by atoms with Gasteiger partial charge in [-0.1, -0.05) is 26.0 Å². The number of nitrogens with zero attached hydrogens (tertiary/aromatic N) is 2. The molecule has 0 unspecified atom stereocenters. The Morgan fingerprint density at radius 2 is 1.71 bits per heavy atom. The molecule has 0 amide bonds. The van der Waals surface area contributed by atoms with Gasteiger partial charge in [-0.3, -0.25) is 9.29 Å². The fraction of sp³-hybridized carbons (Fsp3) is 0.484. The monoisotopic (exact) mass is 581 g/mol. The Balaban J connectivity index is 0.00000111. The fourth-order valence-electron chi connectivity index (χ4n) is 5.79. The maximum Gasteiger partial charge on any atom is 0.283 e. The summed E-state index contributed by atoms with van der Waals surface area (Å²) in [5.74, 6) is -5.56. The van der Waals surface area contributed by atoms with E-state index in [2.05, 4.69) is 22.7 Å². The molecule has 0 saturated carbocycles. The lowest BCUT2D eigenvalue weighted by molar-refractivity contribution is -0.0791. The number of aromatic nitrogens is 1. The lowest BCUT2D eigenvalue weighted by Crippen LogP contribution is -2.48. The number of aliphatic hydroxyl groups is 1. The third-order valence-electron chi connectivity index (χ3n) is 7.45. The third-order valence-corrected chi connectivity index (χ3v) is 7.45. The molecule has 1 saturated heterocycles. The van der Waals surface area contributed by atoms with Crippen LogP contribution in [0.1, 0.15) is 48.7 Å². The number of hydrogen-bond acceptors (Lipinski definition) is 3. The highest BCUT2D eigenvalue weighted by Gasteiger charge is 2.41. The Labute approximate surface area is 237 Å². The first-order valence-electron chi connectivity index (χ1n) is 13.8. The zero-order chi connectivity index (χ0) is 30.3. The van der Waals surface area contributed by atoms with E-state index in [1.54, 1.807) is 6.07 Å². The van der Waals surface area contributed by atoms with Gasteiger partial charge in [-0.05, 0) is 54.5 Å². The number of benzene rings is 2. The molecule has 0 aliphatic carbocycles. The van der Waals surface area contributed by atoms with Gasteiger partial charge in [0, 0.05) is 42.8 Å². The van der Waals surface area contributed by atoms with E-state index in [1.807, 2.05) is 13.8 Å². The van der Waals surface area contributed by atoms with Crippen molar-refractivity contribution in [1.29, 1.82) is 0 Å². The number of H-pyrrole nitrogens is 1. The molecule has 2 aromatic carbocycles. The van der Waals surface area contributed by atoms with E-state index >= 15 is 8.78 Å². The summed E-state index contributed by atoms with van der Waals surface area (Å²) in [6, 6.07) is 5.70. The summed E-state index contributed by atoms with van der Waals surface area (Å²) in [6.45, 7) is 3.45. The number of alkyl halides is 3. The number of nitrogens with one attached hydrogen (secondary N) is 1. The molecule has 1 aromatic heterocycles. The predicted octanol–water partition coefficient (Wildman–Crippen LogP) is 6.27. The minimum absolute atomic E-state index is 0.0497. The molecule has 2 aliphatic heterocycles. The molecule has 0 spiro atoms. The van der Waals surface area contributed by atoms with Crippen molar-refractivity contribution in [3.05, 3.63) is 70.2 Å². The summed E-state index contributed by atoms with van der Waals surface area (Å²) in [5, 5.41) is 9.70. The number of hydrogen-bond donors (Lipinski definition) is 2. The summed E-state index contributed by atoms with van der Waals surface area (Å²) in [6.07, 6.45) is 9.18. The largest absolute Gasteiger partial charge is 0.390 e. The van der Waals surface area contributed by atoms with Crippen LogP contribution in [0.4, 0.5) is 26.3 Å². The molecule has 0 radical (unpaired) electrons. The van der Waals surface area contributed by atoms with E-state index in [9.17, 15) is 17.6 Å². The van der Waals surface area contributed by atoms with Crippen LogP contribution in [0.5, 0.6) is 0 Å². The van der Waals surface area contributed by atoms with Gasteiger partial charge in [-0.2, -0.15) is 0 Å². The zero-order valence-corrected chi connectivity index (χ0v) is 23.4. The standard InChI is InChI=1S/C27H29F6N3O.C2H6.C2H2/c28-6-2-7-35-12-17(13-35)9-16-10-21(30)23(22(31)11-16)26-25-19(5-8-36(26)14-27(32,33)15-37)18-3-1-4-20(29)24(18)34-25;2*1-2/h1,3-4,10-11,17,26,34,37H,2,5-9,12-15H2;1-2H3;1-2H/t26-;;/m0../s1. The maximum atomic E-state index is 15.6. The molecular formula is C31H37F6N3O. The van der Waals surface area contributed by atoms with Crippen molar-refractivity contribution in [3.63, 3.8) is 0 Å². The molecule has 3 heterocycles. The van der Waals surface area contributed by atoms with Crippen LogP contribution in [0.15, 0.2) is 30.3 Å². The van der Waals surface area contributed by atoms with Crippen LogP contribution < -0.4 is 0 Å². The van der Waals surface area contributed by atoms with Crippen molar-refractivity contribution in [3.8, 4) is 12.8 Å². The summed E-state index contributed by atoms with van der Waals surface area (Å²) < 4.78 is 86.6. The second-order valence-corrected chi connectivity index (χ2v) is 10.2. The van der Waals surface area contributed by atoms with Crippen LogP contribution in [0, 0.1) is 36.2 Å². The van der Waals surface area contributed by atoms with Crippen molar-refractivity contribution in [2.45, 2.75) is 45.1 Å². The first-order valence-corrected chi connectivity index (χ1v) is 13.8. The SMILES string of the molecule is C#C.CC.OCC(F)(F)CN1CCc2c([nH]c3c(F)cccc23)[C@@H]1c1c(F)cc(CC2CN(CCCF)C2)cc1F. The van der Waals surface area contributed by atoms with Crippen LogP contribution in [0.3, 0.4) is 0 Å². The second kappa shape index (κ2) is 14.3. The van der Waals surface area contributed by atoms with Crippen LogP contribution >= 0.6 is 0 Å². The Morgan fingerprint density at radius 3 is 2.32 bits per heavy atom. The Hall–Kier alpha value is -3.00. The van der Waals surface area contributed by atoms with Crippen LogP contribution in [-0.2, 0) is 12.8 Å². The van der Waals surface area contributed by atoms with Crippen molar-refractivity contribution in [2.24, 2.45) is 5.92 Å². The van der Waals surface area contributed by atoms with E-state index < -0.39 is 42.6 Å². The van der Waals surface area contributed by atoms with Crippen LogP contribution in [-0.4, -0.2) is 71.8 Å². The zero-order valence-electron chi connectivity index (χ0n) is 23.4. The lowest BCUT2D eigenvalue weighted by Gasteiger charge is -2.39. The maximum absolute atomic E-state index is 15.6. The number of terminal acetylenes is 1. The number of likely N-dealkylation sites (tertiary alicyclic amines) is 1. The van der Waals surface area contributed by atoms with E-state index in [1.165, 1.54) is 29.2 Å². The lowest BCUT2D eigenvalue weighted by atomic mass is 9.88. The van der Waals surface area contributed by atoms with Crippen molar-refractivity contribution in [2.75, 3.05) is 46.0 Å². The molecule has 2 aliphatic rings. The van der Waals surface area contributed by atoms with E-state index in [4.69, 9.17) is 5.11 Å². The van der Waals surface area contributed by atoms with Gasteiger partial charge < -0.3 is 15.0 Å². The van der Waals surface area contributed by atoms with Crippen molar-refractivity contribution < 1.29 is 31.4 Å². The Morgan fingerprint density at radius 1 is 1.05 bits per heavy atom. The molecular weight excluding hydrogens is 544 g/mol. The topological polar surface area (TPSA) is 42.5 Å². The van der Waals surface area contributed by atoms with Gasteiger partial charge in [0.05, 0.1) is 24.8 Å². The quantitative estimate of drug-likeness (QED) is 0.231. The van der Waals surface area contributed by atoms with Crippen molar-refractivity contribution >= 4 is 10.9 Å². The predicted molar refractivity (Wildman–Crippen MR) is 149 cm³/mol. The number of halogens is 6. The molecule has 5 rings (SSSR count). The van der Waals surface area contributed by atoms with E-state index in [0.717, 1.165) is 13.1 Å². The number of fused-ring (bicyclic) bond motifs is 3. The summed E-state index contributed by atoms with van der Waals surface area (Å²) >= 11 is 0. The smallest absolute Gasteiger partial charge is 0.283 e. The molecule has 41 heavy (non-hydrogen) atoms. The van der Waals surface area contributed by atoms with E-state index in [0.29, 0.717) is 35.9 Å². The Bertz CT molecular complexity index is 1290. The summed E-state index contributed by atoms with van der Waals surface area (Å²) in [5.41, 5.74) is 1.14. The Kier molecular flexibility index (Phi) is 11.3. The molecule has 0 bridgehead atoms.